The van der Waals surface area contributed by atoms with Gasteiger partial charge in [-0.15, -0.1) is 0 Å². The Labute approximate surface area is 86.0 Å². The first-order valence-electron chi connectivity index (χ1n) is 5.24. The van der Waals surface area contributed by atoms with Crippen LogP contribution in [0.25, 0.3) is 0 Å². The Kier molecular flexibility index (Phi) is 4.35. The van der Waals surface area contributed by atoms with Gasteiger partial charge in [-0.25, -0.2) is 0 Å². The topological polar surface area (TPSA) is 44.4 Å². The van der Waals surface area contributed by atoms with Crippen molar-refractivity contribution < 1.29 is 4.79 Å². The number of rotatable bonds is 4. The number of carbonyl (C=O) groups is 1. The van der Waals surface area contributed by atoms with Crippen LogP contribution in [0.5, 0.6) is 0 Å². The Morgan fingerprint density at radius 3 is 2.71 bits per heavy atom. The summed E-state index contributed by atoms with van der Waals surface area (Å²) >= 11 is 0. The van der Waals surface area contributed by atoms with Crippen LogP contribution in [0.4, 0.5) is 0 Å². The lowest BCUT2D eigenvalue weighted by Gasteiger charge is -2.15. The molecule has 1 rings (SSSR count). The van der Waals surface area contributed by atoms with Crippen LogP contribution >= 0.6 is 0 Å². The first kappa shape index (κ1) is 11.5. The average Bonchev–Trinajstić information content (AvgIpc) is 2.50. The first-order chi connectivity index (χ1) is 6.61. The molecule has 0 aromatic rings. The molecule has 1 fully saturated rings. The summed E-state index contributed by atoms with van der Waals surface area (Å²) < 4.78 is 0. The molecule has 0 spiro atoms. The van der Waals surface area contributed by atoms with Crippen LogP contribution in [0.1, 0.15) is 6.92 Å². The summed E-state index contributed by atoms with van der Waals surface area (Å²) in [6, 6.07) is 0. The summed E-state index contributed by atoms with van der Waals surface area (Å²) in [6.45, 7) is 5.56. The van der Waals surface area contributed by atoms with E-state index in [0.717, 1.165) is 26.2 Å². The smallest absolute Gasteiger partial charge is 0.224 e. The van der Waals surface area contributed by atoms with E-state index >= 15 is 0 Å². The monoisotopic (exact) mass is 199 g/mol. The van der Waals surface area contributed by atoms with Crippen LogP contribution in [0.3, 0.4) is 0 Å². The number of amides is 1. The molecule has 1 heterocycles. The molecule has 0 aromatic carbocycles. The predicted octanol–water partition coefficient (Wildman–Crippen LogP) is -0.480. The fraction of sp³-hybridized carbons (Fsp3) is 0.900. The third kappa shape index (κ3) is 3.27. The summed E-state index contributed by atoms with van der Waals surface area (Å²) in [4.78, 5) is 13.7. The van der Waals surface area contributed by atoms with Crippen molar-refractivity contribution in [2.45, 2.75) is 6.92 Å². The molecule has 0 bridgehead atoms. The van der Waals surface area contributed by atoms with Crippen LogP contribution in [0.15, 0.2) is 0 Å². The van der Waals surface area contributed by atoms with E-state index in [2.05, 4.69) is 22.5 Å². The lowest BCUT2D eigenvalue weighted by Crippen LogP contribution is -2.37. The van der Waals surface area contributed by atoms with Gasteiger partial charge >= 0.3 is 0 Å². The SMILES string of the molecule is CC1CNCC1C(=O)NCCN(C)C. The third-order valence-electron chi connectivity index (χ3n) is 2.71. The average molecular weight is 199 g/mol. The molecule has 2 unspecified atom stereocenters. The van der Waals surface area contributed by atoms with Gasteiger partial charge in [-0.3, -0.25) is 4.79 Å². The van der Waals surface area contributed by atoms with Gasteiger partial charge in [0.2, 0.25) is 5.91 Å². The van der Waals surface area contributed by atoms with E-state index in [-0.39, 0.29) is 11.8 Å². The maximum atomic E-state index is 11.7. The fourth-order valence-electron chi connectivity index (χ4n) is 1.69. The van der Waals surface area contributed by atoms with Crippen LogP contribution in [0.2, 0.25) is 0 Å². The van der Waals surface area contributed by atoms with Crippen LogP contribution in [-0.2, 0) is 4.79 Å². The van der Waals surface area contributed by atoms with Gasteiger partial charge in [0.05, 0.1) is 5.92 Å². The molecule has 1 aliphatic heterocycles. The summed E-state index contributed by atoms with van der Waals surface area (Å²) in [5.41, 5.74) is 0. The van der Waals surface area contributed by atoms with E-state index in [9.17, 15) is 4.79 Å². The minimum Gasteiger partial charge on any atom is -0.355 e. The van der Waals surface area contributed by atoms with Crippen molar-refractivity contribution in [1.82, 2.24) is 15.5 Å². The molecule has 4 heteroatoms. The van der Waals surface area contributed by atoms with Gasteiger partial charge in [-0.05, 0) is 26.6 Å². The maximum absolute atomic E-state index is 11.7. The van der Waals surface area contributed by atoms with Crippen molar-refractivity contribution in [2.75, 3.05) is 40.3 Å². The summed E-state index contributed by atoms with van der Waals surface area (Å²) in [7, 11) is 4.01. The van der Waals surface area contributed by atoms with Gasteiger partial charge in [0, 0.05) is 19.6 Å². The second-order valence-corrected chi connectivity index (χ2v) is 4.34. The predicted molar refractivity (Wildman–Crippen MR) is 57.1 cm³/mol. The van der Waals surface area contributed by atoms with Crippen molar-refractivity contribution in [1.29, 1.82) is 0 Å². The Hall–Kier alpha value is -0.610. The number of hydrogen-bond acceptors (Lipinski definition) is 3. The van der Waals surface area contributed by atoms with E-state index in [1.54, 1.807) is 0 Å². The number of hydrogen-bond donors (Lipinski definition) is 2. The molecule has 4 nitrogen and oxygen atoms in total. The van der Waals surface area contributed by atoms with Crippen molar-refractivity contribution in [3.05, 3.63) is 0 Å². The van der Waals surface area contributed by atoms with Crippen molar-refractivity contribution in [3.8, 4) is 0 Å². The first-order valence-corrected chi connectivity index (χ1v) is 5.24. The highest BCUT2D eigenvalue weighted by molar-refractivity contribution is 5.79. The van der Waals surface area contributed by atoms with Gasteiger partial charge in [0.25, 0.3) is 0 Å². The van der Waals surface area contributed by atoms with Crippen molar-refractivity contribution >= 4 is 5.91 Å². The van der Waals surface area contributed by atoms with Crippen LogP contribution in [0, 0.1) is 11.8 Å². The molecule has 2 N–H and O–H groups in total. The van der Waals surface area contributed by atoms with E-state index in [1.807, 2.05) is 14.1 Å². The highest BCUT2D eigenvalue weighted by Crippen LogP contribution is 2.15. The Morgan fingerprint density at radius 1 is 1.50 bits per heavy atom. The minimum atomic E-state index is 0.164. The Bertz CT molecular complexity index is 194. The molecule has 0 aliphatic carbocycles. The van der Waals surface area contributed by atoms with E-state index in [0.29, 0.717) is 5.92 Å². The lowest BCUT2D eigenvalue weighted by molar-refractivity contribution is -0.125. The summed E-state index contributed by atoms with van der Waals surface area (Å²) in [6.07, 6.45) is 0. The highest BCUT2D eigenvalue weighted by Gasteiger charge is 2.28. The fourth-order valence-corrected chi connectivity index (χ4v) is 1.69. The molecule has 0 aromatic heterocycles. The van der Waals surface area contributed by atoms with Gasteiger partial charge in [0.15, 0.2) is 0 Å². The Morgan fingerprint density at radius 2 is 2.21 bits per heavy atom. The lowest BCUT2D eigenvalue weighted by atomic mass is 9.97. The maximum Gasteiger partial charge on any atom is 0.224 e. The van der Waals surface area contributed by atoms with E-state index in [4.69, 9.17) is 0 Å². The van der Waals surface area contributed by atoms with Gasteiger partial charge in [-0.2, -0.15) is 0 Å². The zero-order chi connectivity index (χ0) is 10.6. The number of carbonyl (C=O) groups excluding carboxylic acids is 1. The molecule has 0 radical (unpaired) electrons. The second kappa shape index (κ2) is 5.32. The van der Waals surface area contributed by atoms with Crippen molar-refractivity contribution in [3.63, 3.8) is 0 Å². The quantitative estimate of drug-likeness (QED) is 0.643. The molecule has 2 atom stereocenters. The summed E-state index contributed by atoms with van der Waals surface area (Å²) in [5.74, 6) is 0.830. The molecule has 14 heavy (non-hydrogen) atoms. The minimum absolute atomic E-state index is 0.164. The summed E-state index contributed by atoms with van der Waals surface area (Å²) in [5, 5.41) is 6.20. The normalized spacial score (nSPS) is 26.9. The van der Waals surface area contributed by atoms with Gasteiger partial charge in [-0.1, -0.05) is 6.92 Å². The van der Waals surface area contributed by atoms with Gasteiger partial charge < -0.3 is 15.5 Å². The largest absolute Gasteiger partial charge is 0.355 e. The molecule has 0 saturated carbocycles. The molecule has 1 saturated heterocycles. The zero-order valence-electron chi connectivity index (χ0n) is 9.34. The zero-order valence-corrected chi connectivity index (χ0v) is 9.34. The molecule has 1 amide bonds. The second-order valence-electron chi connectivity index (χ2n) is 4.34. The molecular formula is C10H21N3O. The van der Waals surface area contributed by atoms with Crippen LogP contribution < -0.4 is 10.6 Å². The Balaban J connectivity index is 2.21. The number of nitrogens with one attached hydrogen (secondary N) is 2. The third-order valence-corrected chi connectivity index (χ3v) is 2.71. The molecule has 1 aliphatic rings. The highest BCUT2D eigenvalue weighted by atomic mass is 16.1. The molecular weight excluding hydrogens is 178 g/mol. The number of nitrogens with zero attached hydrogens (tertiary/aromatic N) is 1. The van der Waals surface area contributed by atoms with E-state index < -0.39 is 0 Å². The number of likely N-dealkylation sites (N-methyl/N-ethyl adjacent to an activating group) is 1. The van der Waals surface area contributed by atoms with Gasteiger partial charge in [0.1, 0.15) is 0 Å². The van der Waals surface area contributed by atoms with E-state index in [1.165, 1.54) is 0 Å². The molecule has 82 valence electrons. The standard InChI is InChI=1S/C10H21N3O/c1-8-6-11-7-9(8)10(14)12-4-5-13(2)3/h8-9,11H,4-7H2,1-3H3,(H,12,14). The van der Waals surface area contributed by atoms with Crippen LogP contribution in [-0.4, -0.2) is 51.1 Å². The van der Waals surface area contributed by atoms with Crippen molar-refractivity contribution in [2.24, 2.45) is 11.8 Å².